The highest BCUT2D eigenvalue weighted by molar-refractivity contribution is 6.04. The Kier molecular flexibility index (Phi) is 3.69. The highest BCUT2D eigenvalue weighted by Gasteiger charge is 2.30. The molecule has 1 heterocycles. The van der Waals surface area contributed by atoms with Crippen LogP contribution in [0.3, 0.4) is 0 Å². The van der Waals surface area contributed by atoms with Gasteiger partial charge in [-0.2, -0.15) is 17.6 Å². The lowest BCUT2D eigenvalue weighted by Crippen LogP contribution is -2.15. The number of benzene rings is 1. The summed E-state index contributed by atoms with van der Waals surface area (Å²) in [5.41, 5.74) is -1.32. The fourth-order valence-electron chi connectivity index (χ4n) is 1.53. The van der Waals surface area contributed by atoms with Crippen LogP contribution < -0.4 is 5.32 Å². The molecule has 0 aliphatic rings. The molecule has 1 amide bonds. The molecule has 0 unspecified atom stereocenters. The monoisotopic (exact) mass is 284 g/mol. The van der Waals surface area contributed by atoms with Crippen LogP contribution in [0.5, 0.6) is 0 Å². The second-order valence-corrected chi connectivity index (χ2v) is 3.87. The van der Waals surface area contributed by atoms with Crippen molar-refractivity contribution in [1.82, 2.24) is 4.98 Å². The maximum Gasteiger partial charge on any atom is 0.416 e. The molecule has 0 spiro atoms. The Morgan fingerprint density at radius 1 is 1.15 bits per heavy atom. The van der Waals surface area contributed by atoms with Crippen molar-refractivity contribution >= 4 is 11.6 Å². The summed E-state index contributed by atoms with van der Waals surface area (Å²) < 4.78 is 50.8. The van der Waals surface area contributed by atoms with E-state index < -0.39 is 23.6 Å². The molecule has 1 N–H and O–H groups in total. The van der Waals surface area contributed by atoms with E-state index in [-0.39, 0.29) is 11.3 Å². The lowest BCUT2D eigenvalue weighted by molar-refractivity contribution is -0.137. The second kappa shape index (κ2) is 5.28. The zero-order valence-corrected chi connectivity index (χ0v) is 9.91. The molecular weight excluding hydrogens is 276 g/mol. The van der Waals surface area contributed by atoms with Crippen LogP contribution in [-0.4, -0.2) is 10.9 Å². The molecule has 20 heavy (non-hydrogen) atoms. The first kappa shape index (κ1) is 14.0. The van der Waals surface area contributed by atoms with Gasteiger partial charge < -0.3 is 5.32 Å². The third-order valence-electron chi connectivity index (χ3n) is 2.45. The Hall–Kier alpha value is -2.44. The van der Waals surface area contributed by atoms with E-state index in [1.807, 2.05) is 0 Å². The lowest BCUT2D eigenvalue weighted by atomic mass is 10.2. The van der Waals surface area contributed by atoms with E-state index in [0.29, 0.717) is 0 Å². The minimum atomic E-state index is -4.51. The Bertz CT molecular complexity index is 640. The van der Waals surface area contributed by atoms with Crippen molar-refractivity contribution in [1.29, 1.82) is 0 Å². The van der Waals surface area contributed by atoms with Crippen molar-refractivity contribution in [2.24, 2.45) is 0 Å². The van der Waals surface area contributed by atoms with E-state index in [9.17, 15) is 22.4 Å². The standard InChI is InChI=1S/C13H8F4N2O/c14-11-10(5-2-6-18-11)12(20)19-9-4-1-3-8(7-9)13(15,16)17/h1-7H,(H,19,20). The zero-order valence-electron chi connectivity index (χ0n) is 9.91. The van der Waals surface area contributed by atoms with Gasteiger partial charge in [0.05, 0.1) is 11.1 Å². The number of nitrogens with zero attached hydrogens (tertiary/aromatic N) is 1. The number of hydrogen-bond donors (Lipinski definition) is 1. The van der Waals surface area contributed by atoms with E-state index in [1.54, 1.807) is 0 Å². The van der Waals surface area contributed by atoms with Crippen molar-refractivity contribution in [3.63, 3.8) is 0 Å². The van der Waals surface area contributed by atoms with Gasteiger partial charge in [-0.05, 0) is 30.3 Å². The van der Waals surface area contributed by atoms with Gasteiger partial charge in [0, 0.05) is 11.9 Å². The Morgan fingerprint density at radius 3 is 2.55 bits per heavy atom. The van der Waals surface area contributed by atoms with Gasteiger partial charge >= 0.3 is 6.18 Å². The first-order valence-corrected chi connectivity index (χ1v) is 5.47. The van der Waals surface area contributed by atoms with Gasteiger partial charge in [0.25, 0.3) is 5.91 Å². The number of halogens is 4. The number of anilines is 1. The van der Waals surface area contributed by atoms with Gasteiger partial charge in [-0.15, -0.1) is 0 Å². The van der Waals surface area contributed by atoms with E-state index in [2.05, 4.69) is 10.3 Å². The minimum Gasteiger partial charge on any atom is -0.322 e. The van der Waals surface area contributed by atoms with E-state index in [4.69, 9.17) is 0 Å². The number of pyridine rings is 1. The summed E-state index contributed by atoms with van der Waals surface area (Å²) in [5, 5.41) is 2.19. The third kappa shape index (κ3) is 3.11. The topological polar surface area (TPSA) is 42.0 Å². The second-order valence-electron chi connectivity index (χ2n) is 3.87. The summed E-state index contributed by atoms with van der Waals surface area (Å²) >= 11 is 0. The van der Waals surface area contributed by atoms with Gasteiger partial charge in [0.1, 0.15) is 0 Å². The van der Waals surface area contributed by atoms with Crippen molar-refractivity contribution in [2.75, 3.05) is 5.32 Å². The van der Waals surface area contributed by atoms with Crippen LogP contribution in [0.4, 0.5) is 23.2 Å². The summed E-state index contributed by atoms with van der Waals surface area (Å²) in [6, 6.07) is 6.61. The molecule has 0 fully saturated rings. The molecule has 104 valence electrons. The Labute approximate surface area is 111 Å². The predicted octanol–water partition coefficient (Wildman–Crippen LogP) is 3.49. The number of carbonyl (C=O) groups is 1. The van der Waals surface area contributed by atoms with Crippen molar-refractivity contribution < 1.29 is 22.4 Å². The first-order chi connectivity index (χ1) is 9.38. The molecule has 1 aromatic heterocycles. The fourth-order valence-corrected chi connectivity index (χ4v) is 1.53. The van der Waals surface area contributed by atoms with Gasteiger partial charge in [-0.3, -0.25) is 4.79 Å². The molecule has 0 aliphatic carbocycles. The molecule has 0 atom stereocenters. The number of amides is 1. The molecule has 0 aliphatic heterocycles. The minimum absolute atomic E-state index is 0.0759. The van der Waals surface area contributed by atoms with Crippen molar-refractivity contribution in [3.05, 3.63) is 59.7 Å². The fraction of sp³-hybridized carbons (Fsp3) is 0.0769. The van der Waals surface area contributed by atoms with Gasteiger partial charge in [-0.1, -0.05) is 6.07 Å². The van der Waals surface area contributed by atoms with Crippen molar-refractivity contribution in [3.8, 4) is 0 Å². The third-order valence-corrected chi connectivity index (χ3v) is 2.45. The Balaban J connectivity index is 2.23. The molecule has 7 heteroatoms. The number of nitrogens with one attached hydrogen (secondary N) is 1. The van der Waals surface area contributed by atoms with Crippen molar-refractivity contribution in [2.45, 2.75) is 6.18 Å². The average Bonchev–Trinajstić information content (AvgIpc) is 2.38. The largest absolute Gasteiger partial charge is 0.416 e. The van der Waals surface area contributed by atoms with Gasteiger partial charge in [-0.25, -0.2) is 4.98 Å². The highest BCUT2D eigenvalue weighted by Crippen LogP contribution is 2.30. The molecule has 2 rings (SSSR count). The van der Waals surface area contributed by atoms with E-state index >= 15 is 0 Å². The van der Waals surface area contributed by atoms with Gasteiger partial charge in [0.15, 0.2) is 0 Å². The summed E-state index contributed by atoms with van der Waals surface area (Å²) in [4.78, 5) is 15.0. The number of alkyl halides is 3. The highest BCUT2D eigenvalue weighted by atomic mass is 19.4. The molecule has 0 saturated carbocycles. The molecular formula is C13H8F4N2O. The molecule has 1 aromatic carbocycles. The number of rotatable bonds is 2. The predicted molar refractivity (Wildman–Crippen MR) is 63.6 cm³/mol. The molecule has 0 radical (unpaired) electrons. The van der Waals surface area contributed by atoms with Crippen LogP contribution >= 0.6 is 0 Å². The molecule has 2 aromatic rings. The zero-order chi connectivity index (χ0) is 14.8. The number of carbonyl (C=O) groups excluding carboxylic acids is 1. The molecule has 3 nitrogen and oxygen atoms in total. The number of hydrogen-bond acceptors (Lipinski definition) is 2. The van der Waals surface area contributed by atoms with Gasteiger partial charge in [0.2, 0.25) is 5.95 Å². The molecule has 0 bridgehead atoms. The maximum absolute atomic E-state index is 13.3. The number of aromatic nitrogens is 1. The van der Waals surface area contributed by atoms with Crippen LogP contribution in [0.25, 0.3) is 0 Å². The smallest absolute Gasteiger partial charge is 0.322 e. The SMILES string of the molecule is O=C(Nc1cccc(C(F)(F)F)c1)c1cccnc1F. The maximum atomic E-state index is 13.3. The van der Waals surface area contributed by atoms with Crippen LogP contribution in [0.2, 0.25) is 0 Å². The lowest BCUT2D eigenvalue weighted by Gasteiger charge is -2.10. The summed E-state index contributed by atoms with van der Waals surface area (Å²) in [7, 11) is 0. The quantitative estimate of drug-likeness (QED) is 0.677. The van der Waals surface area contributed by atoms with Crippen LogP contribution in [-0.2, 0) is 6.18 Å². The normalized spacial score (nSPS) is 11.2. The summed E-state index contributed by atoms with van der Waals surface area (Å²) in [6.07, 6.45) is -3.35. The summed E-state index contributed by atoms with van der Waals surface area (Å²) in [6.45, 7) is 0. The first-order valence-electron chi connectivity index (χ1n) is 5.47. The molecule has 0 saturated heterocycles. The van der Waals surface area contributed by atoms with Crippen LogP contribution in [0.1, 0.15) is 15.9 Å². The van der Waals surface area contributed by atoms with E-state index in [0.717, 1.165) is 24.4 Å². The van der Waals surface area contributed by atoms with E-state index in [1.165, 1.54) is 18.2 Å². The summed E-state index contributed by atoms with van der Waals surface area (Å²) in [5.74, 6) is -1.85. The average molecular weight is 284 g/mol. The Morgan fingerprint density at radius 2 is 1.90 bits per heavy atom. The van der Waals surface area contributed by atoms with Crippen LogP contribution in [0, 0.1) is 5.95 Å². The van der Waals surface area contributed by atoms with Crippen LogP contribution in [0.15, 0.2) is 42.6 Å².